The Morgan fingerprint density at radius 2 is 1.29 bits per heavy atom. The molecule has 0 spiro atoms. The Balaban J connectivity index is 2.27. The quantitative estimate of drug-likeness (QED) is 0.409. The van der Waals surface area contributed by atoms with Crippen LogP contribution in [0.1, 0.15) is 40.5 Å². The first-order chi connectivity index (χ1) is 16.1. The molecule has 34 heavy (non-hydrogen) atoms. The summed E-state index contributed by atoms with van der Waals surface area (Å²) in [5.41, 5.74) is 0.606. The Bertz CT molecular complexity index is 887. The zero-order valence-corrected chi connectivity index (χ0v) is 19.5. The fourth-order valence-electron chi connectivity index (χ4n) is 3.57. The second-order valence-corrected chi connectivity index (χ2v) is 7.69. The first-order valence-electron chi connectivity index (χ1n) is 10.7. The number of hydrogen-bond acceptors (Lipinski definition) is 10. The monoisotopic (exact) mass is 479 g/mol. The number of amides is 1. The van der Waals surface area contributed by atoms with Crippen LogP contribution in [-0.2, 0) is 47.7 Å². The Kier molecular flexibility index (Phi) is 9.99. The van der Waals surface area contributed by atoms with Gasteiger partial charge in [0.15, 0.2) is 18.3 Å². The van der Waals surface area contributed by atoms with Crippen molar-refractivity contribution >= 4 is 35.5 Å². The van der Waals surface area contributed by atoms with Crippen LogP contribution in [0, 0.1) is 0 Å². The second-order valence-electron chi connectivity index (χ2n) is 7.69. The lowest BCUT2D eigenvalue weighted by Gasteiger charge is -2.44. The van der Waals surface area contributed by atoms with Gasteiger partial charge < -0.3 is 29.0 Å². The maximum atomic E-state index is 12.5. The molecule has 1 aromatic rings. The topological polar surface area (TPSA) is 144 Å². The van der Waals surface area contributed by atoms with Crippen molar-refractivity contribution < 1.29 is 47.7 Å². The standard InChI is InChI=1S/C23H29NO10/c1-13(25)30-12-19-22(32-15(3)27)23(33-16(4)28)21(31-14(2)26)18(34-19)10-11-20(29)24-17-8-6-5-7-9-17/h5-9,18-19,21-23H,10-12H2,1-4H3,(H,24,29)/t18-,19-,21+,22-,23-/m1/s1. The van der Waals surface area contributed by atoms with E-state index in [9.17, 15) is 24.0 Å². The van der Waals surface area contributed by atoms with Gasteiger partial charge in [0.2, 0.25) is 5.91 Å². The molecule has 1 aromatic carbocycles. The fourth-order valence-corrected chi connectivity index (χ4v) is 3.57. The van der Waals surface area contributed by atoms with E-state index in [0.29, 0.717) is 5.69 Å². The van der Waals surface area contributed by atoms with E-state index in [2.05, 4.69) is 5.32 Å². The SMILES string of the molecule is CC(=O)OC[C@H]1O[C@H](CCC(=O)Nc2ccccc2)[C@H](OC(C)=O)[C@@H](OC(C)=O)[C@@H]1OC(C)=O. The lowest BCUT2D eigenvalue weighted by Crippen LogP contribution is -2.62. The van der Waals surface area contributed by atoms with Crippen LogP contribution < -0.4 is 5.32 Å². The molecule has 0 aliphatic carbocycles. The third-order valence-corrected chi connectivity index (χ3v) is 4.80. The summed E-state index contributed by atoms with van der Waals surface area (Å²) in [5.74, 6) is -3.03. The van der Waals surface area contributed by atoms with Gasteiger partial charge in [-0.05, 0) is 18.6 Å². The molecule has 0 aromatic heterocycles. The van der Waals surface area contributed by atoms with Crippen molar-refractivity contribution in [2.45, 2.75) is 71.1 Å². The average Bonchev–Trinajstić information content (AvgIpc) is 2.74. The molecule has 11 heteroatoms. The van der Waals surface area contributed by atoms with E-state index in [-0.39, 0.29) is 25.4 Å². The number of carbonyl (C=O) groups excluding carboxylic acids is 5. The fraction of sp³-hybridized carbons (Fsp3) is 0.522. The van der Waals surface area contributed by atoms with Gasteiger partial charge in [0.1, 0.15) is 12.7 Å². The van der Waals surface area contributed by atoms with Gasteiger partial charge in [-0.2, -0.15) is 0 Å². The average molecular weight is 479 g/mol. The molecule has 5 atom stereocenters. The summed E-state index contributed by atoms with van der Waals surface area (Å²) in [6.45, 7) is 4.34. The molecule has 0 saturated carbocycles. The third kappa shape index (κ3) is 8.47. The van der Waals surface area contributed by atoms with Gasteiger partial charge in [-0.3, -0.25) is 24.0 Å². The molecule has 0 unspecified atom stereocenters. The highest BCUT2D eigenvalue weighted by Gasteiger charge is 2.51. The lowest BCUT2D eigenvalue weighted by molar-refractivity contribution is -0.253. The van der Waals surface area contributed by atoms with Crippen LogP contribution in [0.2, 0.25) is 0 Å². The van der Waals surface area contributed by atoms with E-state index < -0.39 is 54.4 Å². The predicted octanol–water partition coefficient (Wildman–Crippen LogP) is 1.53. The lowest BCUT2D eigenvalue weighted by atomic mass is 9.91. The molecule has 1 aliphatic heterocycles. The molecule has 0 bridgehead atoms. The number of rotatable bonds is 9. The Labute approximate surface area is 197 Å². The maximum absolute atomic E-state index is 12.5. The first kappa shape index (κ1) is 26.8. The summed E-state index contributed by atoms with van der Waals surface area (Å²) < 4.78 is 27.1. The largest absolute Gasteiger partial charge is 0.463 e. The third-order valence-electron chi connectivity index (χ3n) is 4.80. The van der Waals surface area contributed by atoms with E-state index in [0.717, 1.165) is 20.8 Å². The Morgan fingerprint density at radius 3 is 1.82 bits per heavy atom. The minimum Gasteiger partial charge on any atom is -0.463 e. The number of nitrogens with one attached hydrogen (secondary N) is 1. The van der Waals surface area contributed by atoms with E-state index in [4.69, 9.17) is 23.7 Å². The van der Waals surface area contributed by atoms with Gasteiger partial charge >= 0.3 is 23.9 Å². The summed E-state index contributed by atoms with van der Waals surface area (Å²) >= 11 is 0. The second kappa shape index (κ2) is 12.7. The molecule has 1 fully saturated rings. The molecule has 186 valence electrons. The molecule has 1 N–H and O–H groups in total. The van der Waals surface area contributed by atoms with Gasteiger partial charge in [0.25, 0.3) is 0 Å². The zero-order chi connectivity index (χ0) is 25.3. The predicted molar refractivity (Wildman–Crippen MR) is 116 cm³/mol. The number of para-hydroxylation sites is 1. The van der Waals surface area contributed by atoms with Crippen LogP contribution in [0.3, 0.4) is 0 Å². The molecular formula is C23H29NO10. The van der Waals surface area contributed by atoms with Crippen molar-refractivity contribution in [1.82, 2.24) is 0 Å². The van der Waals surface area contributed by atoms with Crippen LogP contribution in [0.5, 0.6) is 0 Å². The van der Waals surface area contributed by atoms with E-state index in [1.54, 1.807) is 24.3 Å². The number of carbonyl (C=O) groups is 5. The summed E-state index contributed by atoms with van der Waals surface area (Å²) in [4.78, 5) is 59.2. The van der Waals surface area contributed by atoms with Gasteiger partial charge in [0.05, 0.1) is 6.10 Å². The molecule has 1 heterocycles. The van der Waals surface area contributed by atoms with Gasteiger partial charge in [0, 0.05) is 39.8 Å². The highest BCUT2D eigenvalue weighted by atomic mass is 16.7. The summed E-state index contributed by atoms with van der Waals surface area (Å²) in [6.07, 6.45) is -5.57. The van der Waals surface area contributed by atoms with Crippen LogP contribution >= 0.6 is 0 Å². The number of esters is 4. The minimum atomic E-state index is -1.25. The molecule has 0 radical (unpaired) electrons. The first-order valence-corrected chi connectivity index (χ1v) is 10.7. The number of ether oxygens (including phenoxy) is 5. The minimum absolute atomic E-state index is 0.0252. The van der Waals surface area contributed by atoms with Crippen LogP contribution in [0.25, 0.3) is 0 Å². The number of hydrogen-bond donors (Lipinski definition) is 1. The molecule has 2 rings (SSSR count). The number of anilines is 1. The molecule has 1 amide bonds. The highest BCUT2D eigenvalue weighted by molar-refractivity contribution is 5.90. The molecular weight excluding hydrogens is 450 g/mol. The number of benzene rings is 1. The maximum Gasteiger partial charge on any atom is 0.303 e. The normalized spacial score (nSPS) is 23.8. The Morgan fingerprint density at radius 1 is 0.765 bits per heavy atom. The molecule has 1 aliphatic rings. The zero-order valence-electron chi connectivity index (χ0n) is 19.5. The van der Waals surface area contributed by atoms with Crippen molar-refractivity contribution in [2.75, 3.05) is 11.9 Å². The van der Waals surface area contributed by atoms with Crippen molar-refractivity contribution in [2.24, 2.45) is 0 Å². The molecule has 11 nitrogen and oxygen atoms in total. The van der Waals surface area contributed by atoms with Crippen molar-refractivity contribution in [3.8, 4) is 0 Å². The Hall–Kier alpha value is -3.47. The van der Waals surface area contributed by atoms with Crippen molar-refractivity contribution in [1.29, 1.82) is 0 Å². The summed E-state index contributed by atoms with van der Waals surface area (Å²) in [5, 5.41) is 2.74. The summed E-state index contributed by atoms with van der Waals surface area (Å²) in [6, 6.07) is 8.82. The highest BCUT2D eigenvalue weighted by Crippen LogP contribution is 2.31. The summed E-state index contributed by atoms with van der Waals surface area (Å²) in [7, 11) is 0. The van der Waals surface area contributed by atoms with Crippen LogP contribution in [0.4, 0.5) is 5.69 Å². The van der Waals surface area contributed by atoms with E-state index >= 15 is 0 Å². The van der Waals surface area contributed by atoms with E-state index in [1.807, 2.05) is 6.07 Å². The van der Waals surface area contributed by atoms with Crippen LogP contribution in [0.15, 0.2) is 30.3 Å². The van der Waals surface area contributed by atoms with Gasteiger partial charge in [-0.25, -0.2) is 0 Å². The van der Waals surface area contributed by atoms with Gasteiger partial charge in [-0.15, -0.1) is 0 Å². The van der Waals surface area contributed by atoms with Gasteiger partial charge in [-0.1, -0.05) is 18.2 Å². The van der Waals surface area contributed by atoms with Crippen molar-refractivity contribution in [3.63, 3.8) is 0 Å². The molecule has 1 saturated heterocycles. The van der Waals surface area contributed by atoms with E-state index in [1.165, 1.54) is 6.92 Å². The smallest absolute Gasteiger partial charge is 0.303 e. The van der Waals surface area contributed by atoms with Crippen molar-refractivity contribution in [3.05, 3.63) is 30.3 Å². The van der Waals surface area contributed by atoms with Crippen LogP contribution in [-0.4, -0.2) is 66.9 Å².